The predicted molar refractivity (Wildman–Crippen MR) is 68.6 cm³/mol. The van der Waals surface area contributed by atoms with E-state index in [1.54, 1.807) is 17.5 Å². The first-order valence-corrected chi connectivity index (χ1v) is 7.01. The molecular weight excluding hydrogens is 252 g/mol. The summed E-state index contributed by atoms with van der Waals surface area (Å²) in [5.41, 5.74) is 0. The molecule has 2 heterocycles. The predicted octanol–water partition coefficient (Wildman–Crippen LogP) is 2.50. The monoisotopic (exact) mass is 270 g/mol. The van der Waals surface area contributed by atoms with Crippen molar-refractivity contribution in [3.63, 3.8) is 0 Å². The lowest BCUT2D eigenvalue weighted by atomic mass is 10.1. The molecular formula is C12H18N2O3S. The third kappa shape index (κ3) is 3.68. The molecule has 1 N–H and O–H groups in total. The zero-order valence-corrected chi connectivity index (χ0v) is 11.4. The molecule has 1 aromatic rings. The van der Waals surface area contributed by atoms with Gasteiger partial charge in [0.2, 0.25) is 0 Å². The molecule has 0 saturated carbocycles. The second-order valence-electron chi connectivity index (χ2n) is 4.56. The van der Waals surface area contributed by atoms with Gasteiger partial charge in [-0.3, -0.25) is 0 Å². The Morgan fingerprint density at radius 3 is 3.00 bits per heavy atom. The zero-order chi connectivity index (χ0) is 13.0. The van der Waals surface area contributed by atoms with Crippen molar-refractivity contribution in [1.82, 2.24) is 10.3 Å². The second kappa shape index (κ2) is 6.15. The van der Waals surface area contributed by atoms with E-state index in [1.807, 2.05) is 19.2 Å². The number of ether oxygens (including phenoxy) is 2. The fourth-order valence-corrected chi connectivity index (χ4v) is 2.59. The minimum absolute atomic E-state index is 0.0347. The second-order valence-corrected chi connectivity index (χ2v) is 5.49. The Kier molecular flexibility index (Phi) is 4.54. The number of carbonyl (C=O) groups excluding carboxylic acids is 1. The Balaban J connectivity index is 1.75. The fourth-order valence-electron chi connectivity index (χ4n) is 1.87. The van der Waals surface area contributed by atoms with Crippen LogP contribution in [0.25, 0.3) is 0 Å². The van der Waals surface area contributed by atoms with Gasteiger partial charge < -0.3 is 14.8 Å². The molecule has 18 heavy (non-hydrogen) atoms. The van der Waals surface area contributed by atoms with Gasteiger partial charge in [0.25, 0.3) is 0 Å². The average molecular weight is 270 g/mol. The van der Waals surface area contributed by atoms with Crippen LogP contribution in [0.3, 0.4) is 0 Å². The van der Waals surface area contributed by atoms with Gasteiger partial charge in [-0.05, 0) is 26.7 Å². The molecule has 5 nitrogen and oxygen atoms in total. The summed E-state index contributed by atoms with van der Waals surface area (Å²) in [6.07, 6.45) is 3.15. The van der Waals surface area contributed by atoms with Gasteiger partial charge >= 0.3 is 6.09 Å². The van der Waals surface area contributed by atoms with Gasteiger partial charge in [-0.1, -0.05) is 0 Å². The van der Waals surface area contributed by atoms with Crippen LogP contribution in [0, 0.1) is 0 Å². The first-order chi connectivity index (χ1) is 8.65. The lowest BCUT2D eigenvalue weighted by Crippen LogP contribution is -2.42. The lowest BCUT2D eigenvalue weighted by molar-refractivity contribution is -0.00533. The highest BCUT2D eigenvalue weighted by atomic mass is 32.1. The summed E-state index contributed by atoms with van der Waals surface area (Å²) in [6, 6.07) is 0.0347. The number of hydrogen-bond acceptors (Lipinski definition) is 5. The highest BCUT2D eigenvalue weighted by Crippen LogP contribution is 2.29. The van der Waals surface area contributed by atoms with Crippen molar-refractivity contribution in [2.75, 3.05) is 6.61 Å². The van der Waals surface area contributed by atoms with E-state index in [4.69, 9.17) is 9.47 Å². The molecule has 2 rings (SSSR count). The quantitative estimate of drug-likeness (QED) is 0.916. The van der Waals surface area contributed by atoms with E-state index in [-0.39, 0.29) is 24.3 Å². The number of amides is 1. The Morgan fingerprint density at radius 1 is 1.61 bits per heavy atom. The molecule has 1 aliphatic heterocycles. The van der Waals surface area contributed by atoms with E-state index in [0.717, 1.165) is 17.8 Å². The van der Waals surface area contributed by atoms with Gasteiger partial charge in [0, 0.05) is 11.6 Å². The molecule has 1 saturated heterocycles. The number of carbonyl (C=O) groups is 1. The van der Waals surface area contributed by atoms with Crippen molar-refractivity contribution in [2.24, 2.45) is 0 Å². The maximum atomic E-state index is 11.4. The van der Waals surface area contributed by atoms with Gasteiger partial charge in [-0.15, -0.1) is 11.3 Å². The summed E-state index contributed by atoms with van der Waals surface area (Å²) in [4.78, 5) is 15.7. The molecule has 1 aliphatic rings. The molecule has 0 radical (unpaired) electrons. The lowest BCUT2D eigenvalue weighted by Gasteiger charge is -2.28. The number of aromatic nitrogens is 1. The molecule has 6 heteroatoms. The molecule has 0 aromatic carbocycles. The average Bonchev–Trinajstić information content (AvgIpc) is 2.82. The van der Waals surface area contributed by atoms with Crippen molar-refractivity contribution in [2.45, 2.75) is 44.9 Å². The van der Waals surface area contributed by atoms with Gasteiger partial charge in [-0.25, -0.2) is 9.78 Å². The number of hydrogen-bond donors (Lipinski definition) is 1. The van der Waals surface area contributed by atoms with Crippen LogP contribution in [0.15, 0.2) is 11.6 Å². The Bertz CT molecular complexity index is 373. The van der Waals surface area contributed by atoms with E-state index >= 15 is 0 Å². The summed E-state index contributed by atoms with van der Waals surface area (Å²) < 4.78 is 10.8. The van der Waals surface area contributed by atoms with Crippen LogP contribution in [-0.4, -0.2) is 29.8 Å². The van der Waals surface area contributed by atoms with Gasteiger partial charge in [-0.2, -0.15) is 0 Å². The largest absolute Gasteiger partial charge is 0.447 e. The molecule has 0 aliphatic carbocycles. The molecule has 0 bridgehead atoms. The normalized spacial score (nSPS) is 23.9. The molecule has 1 fully saturated rings. The SMILES string of the molecule is CC(C)OC(=O)NC1CC[C@@H](c2nccs2)OC1. The Hall–Kier alpha value is -1.14. The highest BCUT2D eigenvalue weighted by molar-refractivity contribution is 7.09. The third-order valence-electron chi connectivity index (χ3n) is 2.67. The van der Waals surface area contributed by atoms with Gasteiger partial charge in [0.05, 0.1) is 18.8 Å². The number of nitrogens with zero attached hydrogens (tertiary/aromatic N) is 1. The topological polar surface area (TPSA) is 60.5 Å². The fraction of sp³-hybridized carbons (Fsp3) is 0.667. The summed E-state index contributed by atoms with van der Waals surface area (Å²) in [5.74, 6) is 0. The van der Waals surface area contributed by atoms with Crippen LogP contribution in [0.4, 0.5) is 4.79 Å². The smallest absolute Gasteiger partial charge is 0.407 e. The molecule has 100 valence electrons. The maximum absolute atomic E-state index is 11.4. The van der Waals surface area contributed by atoms with Crippen LogP contribution in [-0.2, 0) is 9.47 Å². The number of nitrogens with one attached hydrogen (secondary N) is 1. The van der Waals surface area contributed by atoms with Crippen LogP contribution in [0.1, 0.15) is 37.8 Å². The minimum Gasteiger partial charge on any atom is -0.447 e. The Labute approximate surface area is 111 Å². The van der Waals surface area contributed by atoms with E-state index in [0.29, 0.717) is 6.61 Å². The van der Waals surface area contributed by atoms with E-state index in [1.165, 1.54) is 0 Å². The van der Waals surface area contributed by atoms with Crippen LogP contribution in [0.5, 0.6) is 0 Å². The molecule has 1 aromatic heterocycles. The van der Waals surface area contributed by atoms with Gasteiger partial charge in [0.15, 0.2) is 0 Å². The van der Waals surface area contributed by atoms with Crippen molar-refractivity contribution in [1.29, 1.82) is 0 Å². The van der Waals surface area contributed by atoms with Gasteiger partial charge in [0.1, 0.15) is 11.1 Å². The number of thiazole rings is 1. The molecule has 2 atom stereocenters. The Morgan fingerprint density at radius 2 is 2.44 bits per heavy atom. The molecule has 1 amide bonds. The zero-order valence-electron chi connectivity index (χ0n) is 10.6. The minimum atomic E-state index is -0.369. The summed E-state index contributed by atoms with van der Waals surface area (Å²) in [5, 5.41) is 5.77. The van der Waals surface area contributed by atoms with Crippen molar-refractivity contribution in [3.05, 3.63) is 16.6 Å². The molecule has 1 unspecified atom stereocenters. The van der Waals surface area contributed by atoms with E-state index in [9.17, 15) is 4.79 Å². The van der Waals surface area contributed by atoms with Crippen molar-refractivity contribution < 1.29 is 14.3 Å². The third-order valence-corrected chi connectivity index (χ3v) is 3.54. The highest BCUT2D eigenvalue weighted by Gasteiger charge is 2.25. The van der Waals surface area contributed by atoms with E-state index in [2.05, 4.69) is 10.3 Å². The summed E-state index contributed by atoms with van der Waals surface area (Å²) in [7, 11) is 0. The standard InChI is InChI=1S/C12H18N2O3S/c1-8(2)17-12(15)14-9-3-4-10(16-7-9)11-13-5-6-18-11/h5-6,8-10H,3-4,7H2,1-2H3,(H,14,15)/t9?,10-/m0/s1. The van der Waals surface area contributed by atoms with Crippen LogP contribution in [0.2, 0.25) is 0 Å². The van der Waals surface area contributed by atoms with E-state index < -0.39 is 0 Å². The first-order valence-electron chi connectivity index (χ1n) is 6.13. The first kappa shape index (κ1) is 13.3. The number of alkyl carbamates (subject to hydrolysis) is 1. The maximum Gasteiger partial charge on any atom is 0.407 e. The molecule has 0 spiro atoms. The van der Waals surface area contributed by atoms with Crippen molar-refractivity contribution in [3.8, 4) is 0 Å². The van der Waals surface area contributed by atoms with Crippen LogP contribution < -0.4 is 5.32 Å². The van der Waals surface area contributed by atoms with Crippen molar-refractivity contribution >= 4 is 17.4 Å². The summed E-state index contributed by atoms with van der Waals surface area (Å²) in [6.45, 7) is 4.17. The van der Waals surface area contributed by atoms with Crippen LogP contribution >= 0.6 is 11.3 Å². The number of rotatable bonds is 3. The summed E-state index contributed by atoms with van der Waals surface area (Å²) >= 11 is 1.60.